The fourth-order valence-electron chi connectivity index (χ4n) is 4.67. The molecule has 3 amide bonds. The van der Waals surface area contributed by atoms with Gasteiger partial charge in [0.25, 0.3) is 0 Å². The number of nitrogens with zero attached hydrogens (tertiary/aromatic N) is 1. The average Bonchev–Trinajstić information content (AvgIpc) is 3.10. The lowest BCUT2D eigenvalue weighted by Gasteiger charge is -2.42. The molecule has 2 saturated heterocycles. The van der Waals surface area contributed by atoms with Crippen LogP contribution < -0.4 is 10.6 Å². The van der Waals surface area contributed by atoms with E-state index in [1.807, 2.05) is 13.8 Å². The van der Waals surface area contributed by atoms with E-state index >= 15 is 0 Å². The van der Waals surface area contributed by atoms with E-state index in [0.29, 0.717) is 25.8 Å². The van der Waals surface area contributed by atoms with Crippen molar-refractivity contribution >= 4 is 23.9 Å². The van der Waals surface area contributed by atoms with E-state index in [4.69, 9.17) is 9.47 Å². The minimum Gasteiger partial charge on any atom is -0.467 e. The van der Waals surface area contributed by atoms with Crippen LogP contribution in [0.25, 0.3) is 0 Å². The van der Waals surface area contributed by atoms with Crippen molar-refractivity contribution in [2.24, 2.45) is 17.3 Å². The second kappa shape index (κ2) is 10.6. The van der Waals surface area contributed by atoms with Gasteiger partial charge in [-0.05, 0) is 57.8 Å². The first-order valence-corrected chi connectivity index (χ1v) is 11.5. The average molecular weight is 466 g/mol. The van der Waals surface area contributed by atoms with Crippen molar-refractivity contribution in [3.8, 4) is 0 Å². The Kier molecular flexibility index (Phi) is 8.54. The summed E-state index contributed by atoms with van der Waals surface area (Å²) in [6, 6.07) is -1.83. The standard InChI is InChI=1S/C24H39N3O6/c1-8-15-12-24(5,6)13-17(26-22(31)33-23(2,3)4)20(29)27(14-15)18(21(30)32-7)11-16-9-10-25-19(16)28/h8,15-18H,1,9-14H2,2-7H3,(H,25,28)(H,26,31)/t15?,16-,17-,18-/m0/s1. The van der Waals surface area contributed by atoms with Gasteiger partial charge in [0.2, 0.25) is 11.8 Å². The molecule has 186 valence electrons. The molecule has 33 heavy (non-hydrogen) atoms. The Morgan fingerprint density at radius 1 is 1.30 bits per heavy atom. The van der Waals surface area contributed by atoms with Crippen LogP contribution in [0.5, 0.6) is 0 Å². The van der Waals surface area contributed by atoms with Gasteiger partial charge in [-0.15, -0.1) is 6.58 Å². The number of hydrogen-bond acceptors (Lipinski definition) is 6. The number of esters is 1. The van der Waals surface area contributed by atoms with Crippen LogP contribution in [0.15, 0.2) is 12.7 Å². The van der Waals surface area contributed by atoms with Crippen LogP contribution in [0, 0.1) is 17.3 Å². The smallest absolute Gasteiger partial charge is 0.408 e. The Labute approximate surface area is 196 Å². The molecule has 2 aliphatic rings. The van der Waals surface area contributed by atoms with E-state index in [1.165, 1.54) is 12.0 Å². The summed E-state index contributed by atoms with van der Waals surface area (Å²) in [5, 5.41) is 5.49. The summed E-state index contributed by atoms with van der Waals surface area (Å²) in [6.07, 6.45) is 2.93. The number of likely N-dealkylation sites (tertiary alicyclic amines) is 1. The molecular weight excluding hydrogens is 426 g/mol. The summed E-state index contributed by atoms with van der Waals surface area (Å²) in [5.41, 5.74) is -0.991. The number of alkyl carbamates (subject to hydrolysis) is 1. The number of nitrogens with one attached hydrogen (secondary N) is 2. The Morgan fingerprint density at radius 3 is 2.48 bits per heavy atom. The van der Waals surface area contributed by atoms with Crippen molar-refractivity contribution in [3.05, 3.63) is 12.7 Å². The number of hydrogen-bond donors (Lipinski definition) is 2. The third-order valence-corrected chi connectivity index (χ3v) is 6.13. The molecule has 4 atom stereocenters. The molecule has 2 rings (SSSR count). The van der Waals surface area contributed by atoms with Crippen molar-refractivity contribution in [2.45, 2.75) is 78.0 Å². The fourth-order valence-corrected chi connectivity index (χ4v) is 4.67. The van der Waals surface area contributed by atoms with Gasteiger partial charge >= 0.3 is 12.1 Å². The molecule has 2 aliphatic heterocycles. The maximum atomic E-state index is 13.8. The van der Waals surface area contributed by atoms with Gasteiger partial charge in [-0.3, -0.25) is 9.59 Å². The molecule has 1 unspecified atom stereocenters. The van der Waals surface area contributed by atoms with E-state index in [0.717, 1.165) is 0 Å². The zero-order valence-corrected chi connectivity index (χ0v) is 20.7. The number of ether oxygens (including phenoxy) is 2. The van der Waals surface area contributed by atoms with Gasteiger partial charge in [-0.1, -0.05) is 19.9 Å². The first kappa shape index (κ1) is 26.7. The summed E-state index contributed by atoms with van der Waals surface area (Å²) in [7, 11) is 1.27. The molecule has 0 aliphatic carbocycles. The van der Waals surface area contributed by atoms with Crippen LogP contribution in [0.3, 0.4) is 0 Å². The zero-order valence-electron chi connectivity index (χ0n) is 20.7. The minimum atomic E-state index is -0.942. The highest BCUT2D eigenvalue weighted by molar-refractivity contribution is 5.90. The quantitative estimate of drug-likeness (QED) is 0.460. The fraction of sp³-hybridized carbons (Fsp3) is 0.750. The van der Waals surface area contributed by atoms with Crippen molar-refractivity contribution < 1.29 is 28.7 Å². The summed E-state index contributed by atoms with van der Waals surface area (Å²) in [6.45, 7) is 14.0. The molecule has 2 fully saturated rings. The first-order valence-electron chi connectivity index (χ1n) is 11.5. The zero-order chi connectivity index (χ0) is 25.0. The van der Waals surface area contributed by atoms with Gasteiger partial charge in [0, 0.05) is 19.0 Å². The second-order valence-electron chi connectivity index (χ2n) is 10.8. The highest BCUT2D eigenvalue weighted by Gasteiger charge is 2.43. The van der Waals surface area contributed by atoms with Gasteiger partial charge in [-0.2, -0.15) is 0 Å². The molecule has 9 heteroatoms. The lowest BCUT2D eigenvalue weighted by atomic mass is 9.75. The maximum absolute atomic E-state index is 13.8. The molecule has 0 aromatic carbocycles. The predicted molar refractivity (Wildman–Crippen MR) is 123 cm³/mol. The molecule has 0 radical (unpaired) electrons. The lowest BCUT2D eigenvalue weighted by molar-refractivity contribution is -0.156. The van der Waals surface area contributed by atoms with E-state index < -0.39 is 35.7 Å². The number of methoxy groups -OCH3 is 1. The molecule has 0 saturated carbocycles. The van der Waals surface area contributed by atoms with E-state index in [1.54, 1.807) is 26.8 Å². The number of carbonyl (C=O) groups excluding carboxylic acids is 4. The van der Waals surface area contributed by atoms with Crippen molar-refractivity contribution in [1.29, 1.82) is 0 Å². The topological polar surface area (TPSA) is 114 Å². The molecule has 0 bridgehead atoms. The van der Waals surface area contributed by atoms with Crippen molar-refractivity contribution in [2.75, 3.05) is 20.2 Å². The summed E-state index contributed by atoms with van der Waals surface area (Å²) >= 11 is 0. The third kappa shape index (κ3) is 7.47. The molecule has 9 nitrogen and oxygen atoms in total. The van der Waals surface area contributed by atoms with Gasteiger partial charge in [0.15, 0.2) is 0 Å². The monoisotopic (exact) mass is 465 g/mol. The lowest BCUT2D eigenvalue weighted by Crippen LogP contribution is -2.58. The first-order chi connectivity index (χ1) is 15.3. The second-order valence-corrected chi connectivity index (χ2v) is 10.8. The third-order valence-electron chi connectivity index (χ3n) is 6.13. The van der Waals surface area contributed by atoms with Crippen LogP contribution in [-0.2, 0) is 23.9 Å². The molecule has 2 N–H and O–H groups in total. The predicted octanol–water partition coefficient (Wildman–Crippen LogP) is 2.40. The molecule has 0 aromatic rings. The van der Waals surface area contributed by atoms with Crippen LogP contribution >= 0.6 is 0 Å². The van der Waals surface area contributed by atoms with Gasteiger partial charge in [0.05, 0.1) is 7.11 Å². The maximum Gasteiger partial charge on any atom is 0.408 e. The molecular formula is C24H39N3O6. The Balaban J connectivity index is 2.38. The van der Waals surface area contributed by atoms with E-state index in [2.05, 4.69) is 17.2 Å². The van der Waals surface area contributed by atoms with Crippen LogP contribution in [0.1, 0.15) is 60.3 Å². The largest absolute Gasteiger partial charge is 0.467 e. The SMILES string of the molecule is C=CC1CN([C@@H](C[C@@H]2CCNC2=O)C(=O)OC)C(=O)[C@@H](NC(=O)OC(C)(C)C)CC(C)(C)C1. The van der Waals surface area contributed by atoms with Crippen molar-refractivity contribution in [1.82, 2.24) is 15.5 Å². The van der Waals surface area contributed by atoms with Gasteiger partial charge in [0.1, 0.15) is 17.7 Å². The number of rotatable bonds is 6. The number of carbonyl (C=O) groups is 4. The van der Waals surface area contributed by atoms with Crippen LogP contribution in [-0.4, -0.2) is 66.7 Å². The van der Waals surface area contributed by atoms with Crippen LogP contribution in [0.4, 0.5) is 4.79 Å². The van der Waals surface area contributed by atoms with Crippen molar-refractivity contribution in [3.63, 3.8) is 0 Å². The summed E-state index contributed by atoms with van der Waals surface area (Å²) in [5.74, 6) is -1.55. The van der Waals surface area contributed by atoms with E-state index in [-0.39, 0.29) is 36.1 Å². The Bertz CT molecular complexity index is 773. The Morgan fingerprint density at radius 2 is 1.97 bits per heavy atom. The Hall–Kier alpha value is -2.58. The molecule has 0 spiro atoms. The summed E-state index contributed by atoms with van der Waals surface area (Å²) in [4.78, 5) is 52.8. The molecule has 2 heterocycles. The normalized spacial score (nSPS) is 26.5. The van der Waals surface area contributed by atoms with Crippen LogP contribution in [0.2, 0.25) is 0 Å². The van der Waals surface area contributed by atoms with Gasteiger partial charge in [-0.25, -0.2) is 9.59 Å². The minimum absolute atomic E-state index is 0.0593. The molecule has 0 aromatic heterocycles. The van der Waals surface area contributed by atoms with E-state index in [9.17, 15) is 19.2 Å². The van der Waals surface area contributed by atoms with Gasteiger partial charge < -0.3 is 25.0 Å². The highest BCUT2D eigenvalue weighted by atomic mass is 16.6. The summed E-state index contributed by atoms with van der Waals surface area (Å²) < 4.78 is 10.4. The highest BCUT2D eigenvalue weighted by Crippen LogP contribution is 2.35. The number of amides is 3.